The molecule has 0 bridgehead atoms. The van der Waals surface area contributed by atoms with Gasteiger partial charge in [0.2, 0.25) is 0 Å². The van der Waals surface area contributed by atoms with E-state index in [9.17, 15) is 4.79 Å². The summed E-state index contributed by atoms with van der Waals surface area (Å²) in [7, 11) is 0. The van der Waals surface area contributed by atoms with Gasteiger partial charge in [-0.1, -0.05) is 15.9 Å². The van der Waals surface area contributed by atoms with Crippen molar-refractivity contribution in [1.29, 1.82) is 0 Å². The van der Waals surface area contributed by atoms with Crippen LogP contribution in [0.15, 0.2) is 17.5 Å². The van der Waals surface area contributed by atoms with Crippen molar-refractivity contribution in [3.8, 4) is 5.06 Å². The Kier molecular flexibility index (Phi) is 2.89. The predicted molar refractivity (Wildman–Crippen MR) is 43.7 cm³/mol. The molecule has 0 amide bonds. The van der Waals surface area contributed by atoms with Gasteiger partial charge in [-0.3, -0.25) is 4.79 Å². The van der Waals surface area contributed by atoms with Crippen LogP contribution in [0.5, 0.6) is 5.06 Å². The van der Waals surface area contributed by atoms with Gasteiger partial charge >= 0.3 is 5.97 Å². The van der Waals surface area contributed by atoms with Crippen LogP contribution in [0.2, 0.25) is 0 Å². The number of carbonyl (C=O) groups is 1. The second-order valence-corrected chi connectivity index (χ2v) is 3.01. The van der Waals surface area contributed by atoms with E-state index in [1.54, 1.807) is 6.07 Å². The Labute approximate surface area is 70.9 Å². The van der Waals surface area contributed by atoms with Crippen LogP contribution in [0, 0.1) is 0 Å². The van der Waals surface area contributed by atoms with E-state index >= 15 is 0 Å². The van der Waals surface area contributed by atoms with E-state index in [0.717, 1.165) is 0 Å². The first-order valence-corrected chi connectivity index (χ1v) is 4.63. The molecule has 54 valence electrons. The highest BCUT2D eigenvalue weighted by atomic mass is 79.9. The van der Waals surface area contributed by atoms with Crippen LogP contribution < -0.4 is 4.74 Å². The molecular formula is C6H5BrO2S. The summed E-state index contributed by atoms with van der Waals surface area (Å²) in [5.41, 5.74) is 0. The first-order chi connectivity index (χ1) is 4.83. The molecule has 1 rings (SSSR count). The fraction of sp³-hybridized carbons (Fsp3) is 0.167. The lowest BCUT2D eigenvalue weighted by atomic mass is 10.6. The van der Waals surface area contributed by atoms with Gasteiger partial charge in [0.25, 0.3) is 0 Å². The third kappa shape index (κ3) is 2.11. The lowest BCUT2D eigenvalue weighted by Crippen LogP contribution is -2.07. The molecule has 0 spiro atoms. The Balaban J connectivity index is 2.48. The Hall–Kier alpha value is -0.350. The van der Waals surface area contributed by atoms with Gasteiger partial charge in [0.1, 0.15) is 5.33 Å². The molecule has 0 aliphatic carbocycles. The van der Waals surface area contributed by atoms with Gasteiger partial charge in [-0.2, -0.15) is 0 Å². The number of thiophene rings is 1. The van der Waals surface area contributed by atoms with Crippen molar-refractivity contribution in [2.24, 2.45) is 0 Å². The molecule has 0 aliphatic heterocycles. The lowest BCUT2D eigenvalue weighted by molar-refractivity contribution is -0.131. The molecule has 0 aromatic carbocycles. The average molecular weight is 221 g/mol. The number of hydrogen-bond acceptors (Lipinski definition) is 3. The third-order valence-electron chi connectivity index (χ3n) is 0.819. The standard InChI is InChI=1S/C6H5BrO2S/c7-4-5(8)9-6-2-1-3-10-6/h1-3H,4H2. The molecule has 0 radical (unpaired) electrons. The van der Waals surface area contributed by atoms with E-state index in [1.165, 1.54) is 11.3 Å². The van der Waals surface area contributed by atoms with Gasteiger partial charge in [0.05, 0.1) is 0 Å². The summed E-state index contributed by atoms with van der Waals surface area (Å²) in [4.78, 5) is 10.6. The van der Waals surface area contributed by atoms with Gasteiger partial charge in [-0.25, -0.2) is 0 Å². The zero-order chi connectivity index (χ0) is 7.40. The van der Waals surface area contributed by atoms with Crippen molar-refractivity contribution in [1.82, 2.24) is 0 Å². The maximum absolute atomic E-state index is 10.6. The van der Waals surface area contributed by atoms with Crippen molar-refractivity contribution in [3.63, 3.8) is 0 Å². The van der Waals surface area contributed by atoms with E-state index < -0.39 is 0 Å². The fourth-order valence-corrected chi connectivity index (χ4v) is 1.16. The number of halogens is 1. The normalized spacial score (nSPS) is 9.30. The molecule has 0 saturated heterocycles. The Morgan fingerprint density at radius 3 is 3.10 bits per heavy atom. The van der Waals surface area contributed by atoms with Crippen LogP contribution >= 0.6 is 27.3 Å². The molecule has 0 saturated carbocycles. The van der Waals surface area contributed by atoms with Gasteiger partial charge in [0.15, 0.2) is 5.06 Å². The topological polar surface area (TPSA) is 26.3 Å². The molecule has 1 aromatic heterocycles. The van der Waals surface area contributed by atoms with E-state index in [2.05, 4.69) is 15.9 Å². The largest absolute Gasteiger partial charge is 0.415 e. The maximum Gasteiger partial charge on any atom is 0.322 e. The minimum atomic E-state index is -0.262. The van der Waals surface area contributed by atoms with E-state index in [-0.39, 0.29) is 11.3 Å². The van der Waals surface area contributed by atoms with Crippen molar-refractivity contribution in [3.05, 3.63) is 17.5 Å². The Bertz CT molecular complexity index is 208. The molecular weight excluding hydrogens is 216 g/mol. The second-order valence-electron chi connectivity index (χ2n) is 1.54. The molecule has 1 aromatic rings. The van der Waals surface area contributed by atoms with E-state index in [4.69, 9.17) is 4.74 Å². The molecule has 0 atom stereocenters. The number of esters is 1. The molecule has 2 nitrogen and oxygen atoms in total. The first kappa shape index (κ1) is 7.75. The van der Waals surface area contributed by atoms with Crippen LogP contribution in [-0.4, -0.2) is 11.3 Å². The third-order valence-corrected chi connectivity index (χ3v) is 2.02. The number of rotatable bonds is 2. The summed E-state index contributed by atoms with van der Waals surface area (Å²) in [6.07, 6.45) is 0. The Morgan fingerprint density at radius 2 is 2.60 bits per heavy atom. The summed E-state index contributed by atoms with van der Waals surface area (Å²) in [6.45, 7) is 0. The number of ether oxygens (including phenoxy) is 1. The predicted octanol–water partition coefficient (Wildman–Crippen LogP) is 2.05. The minimum Gasteiger partial charge on any atom is -0.415 e. The van der Waals surface area contributed by atoms with Crippen LogP contribution in [-0.2, 0) is 4.79 Å². The summed E-state index contributed by atoms with van der Waals surface area (Å²) < 4.78 is 4.84. The van der Waals surface area contributed by atoms with Crippen molar-refractivity contribution < 1.29 is 9.53 Å². The van der Waals surface area contributed by atoms with Gasteiger partial charge in [0, 0.05) is 0 Å². The van der Waals surface area contributed by atoms with Gasteiger partial charge in [-0.15, -0.1) is 11.3 Å². The quantitative estimate of drug-likeness (QED) is 0.564. The second kappa shape index (κ2) is 3.73. The number of hydrogen-bond donors (Lipinski definition) is 0. The van der Waals surface area contributed by atoms with Gasteiger partial charge < -0.3 is 4.74 Å². The summed E-state index contributed by atoms with van der Waals surface area (Å²) >= 11 is 4.39. The fourth-order valence-electron chi connectivity index (χ4n) is 0.461. The minimum absolute atomic E-state index is 0.241. The SMILES string of the molecule is O=C(CBr)Oc1cccs1. The van der Waals surface area contributed by atoms with E-state index in [0.29, 0.717) is 5.06 Å². The molecule has 0 aliphatic rings. The number of carbonyl (C=O) groups excluding carboxylic acids is 1. The van der Waals surface area contributed by atoms with E-state index in [1.807, 2.05) is 11.4 Å². The molecule has 10 heavy (non-hydrogen) atoms. The average Bonchev–Trinajstić information content (AvgIpc) is 2.40. The number of alkyl halides is 1. The van der Waals surface area contributed by atoms with Crippen molar-refractivity contribution in [2.75, 3.05) is 5.33 Å². The highest BCUT2D eigenvalue weighted by Crippen LogP contribution is 2.18. The molecule has 0 unspecified atom stereocenters. The summed E-state index contributed by atoms with van der Waals surface area (Å²) in [6, 6.07) is 3.59. The smallest absolute Gasteiger partial charge is 0.322 e. The van der Waals surface area contributed by atoms with Crippen LogP contribution in [0.1, 0.15) is 0 Å². The highest BCUT2D eigenvalue weighted by Gasteiger charge is 2.00. The van der Waals surface area contributed by atoms with Crippen LogP contribution in [0.4, 0.5) is 0 Å². The van der Waals surface area contributed by atoms with Crippen molar-refractivity contribution in [2.45, 2.75) is 0 Å². The summed E-state index contributed by atoms with van der Waals surface area (Å²) in [5, 5.41) is 2.74. The monoisotopic (exact) mass is 220 g/mol. The zero-order valence-corrected chi connectivity index (χ0v) is 7.44. The zero-order valence-electron chi connectivity index (χ0n) is 5.04. The maximum atomic E-state index is 10.6. The molecule has 0 N–H and O–H groups in total. The Morgan fingerprint density at radius 1 is 1.80 bits per heavy atom. The van der Waals surface area contributed by atoms with Crippen LogP contribution in [0.25, 0.3) is 0 Å². The molecule has 4 heteroatoms. The van der Waals surface area contributed by atoms with Gasteiger partial charge in [-0.05, 0) is 17.5 Å². The molecule has 1 heterocycles. The highest BCUT2D eigenvalue weighted by molar-refractivity contribution is 9.09. The first-order valence-electron chi connectivity index (χ1n) is 2.63. The van der Waals surface area contributed by atoms with Crippen molar-refractivity contribution >= 4 is 33.2 Å². The van der Waals surface area contributed by atoms with Crippen LogP contribution in [0.3, 0.4) is 0 Å². The molecule has 0 fully saturated rings. The summed E-state index contributed by atoms with van der Waals surface area (Å²) in [5.74, 6) is -0.262. The lowest BCUT2D eigenvalue weighted by Gasteiger charge is -1.94.